The molecule has 0 amide bonds. The number of aryl methyl sites for hydroxylation is 1. The topological polar surface area (TPSA) is 117 Å². The Morgan fingerprint density at radius 2 is 1.77 bits per heavy atom. The molecule has 1 fully saturated rings. The second-order valence-corrected chi connectivity index (χ2v) is 10.0. The number of nitrogens with two attached hydrogens (primary N) is 1. The highest BCUT2D eigenvalue weighted by molar-refractivity contribution is 5.80. The Morgan fingerprint density at radius 3 is 2.55 bits per heavy atom. The van der Waals surface area contributed by atoms with Crippen molar-refractivity contribution in [3.63, 3.8) is 0 Å². The molecule has 4 heterocycles. The van der Waals surface area contributed by atoms with Gasteiger partial charge in [0, 0.05) is 30.2 Å². The molecule has 3 aromatic heterocycles. The van der Waals surface area contributed by atoms with E-state index in [1.54, 1.807) is 6.92 Å². The van der Waals surface area contributed by atoms with E-state index in [4.69, 9.17) is 10.7 Å². The Bertz CT molecular complexity index is 1910. The number of piperidine rings is 1. The Balaban J connectivity index is 1.63. The maximum Gasteiger partial charge on any atom is 0.337 e. The summed E-state index contributed by atoms with van der Waals surface area (Å²) >= 11 is 0. The summed E-state index contributed by atoms with van der Waals surface area (Å²) in [5.74, 6) is 6.98. The van der Waals surface area contributed by atoms with Gasteiger partial charge in [0.2, 0.25) is 5.95 Å². The molecule has 0 spiro atoms. The van der Waals surface area contributed by atoms with Crippen molar-refractivity contribution in [1.29, 1.82) is 0 Å². The first kappa shape index (κ1) is 25.5. The highest BCUT2D eigenvalue weighted by Gasteiger charge is 2.27. The van der Waals surface area contributed by atoms with Crippen LogP contribution in [0.2, 0.25) is 0 Å². The summed E-state index contributed by atoms with van der Waals surface area (Å²) in [5, 5.41) is 0.927. The molecule has 0 unspecified atom stereocenters. The minimum absolute atomic E-state index is 0.000498. The van der Waals surface area contributed by atoms with Crippen molar-refractivity contribution in [1.82, 2.24) is 28.7 Å². The third kappa shape index (κ3) is 4.44. The van der Waals surface area contributed by atoms with Gasteiger partial charge < -0.3 is 10.6 Å². The fourth-order valence-electron chi connectivity index (χ4n) is 5.42. The van der Waals surface area contributed by atoms with Gasteiger partial charge in [-0.3, -0.25) is 13.9 Å². The van der Waals surface area contributed by atoms with Gasteiger partial charge in [0.15, 0.2) is 11.2 Å². The van der Waals surface area contributed by atoms with E-state index in [9.17, 15) is 9.59 Å². The first-order chi connectivity index (χ1) is 19.5. The number of aromatic nitrogens is 6. The Morgan fingerprint density at radius 1 is 1.00 bits per heavy atom. The Kier molecular flexibility index (Phi) is 6.66. The molecule has 2 N–H and O–H groups in total. The molecule has 1 saturated heterocycles. The normalized spacial score (nSPS) is 15.4. The molecule has 2 aromatic carbocycles. The summed E-state index contributed by atoms with van der Waals surface area (Å²) in [6.45, 7) is 5.19. The van der Waals surface area contributed by atoms with Crippen molar-refractivity contribution in [3.05, 3.63) is 87.0 Å². The average Bonchev–Trinajstić information content (AvgIpc) is 3.34. The number of hydrogen-bond donors (Lipinski definition) is 1. The summed E-state index contributed by atoms with van der Waals surface area (Å²) in [5.41, 5.74) is 8.08. The van der Waals surface area contributed by atoms with Crippen molar-refractivity contribution in [2.75, 3.05) is 18.0 Å². The molecule has 5 aromatic rings. The number of para-hydroxylation sites is 2. The lowest BCUT2D eigenvalue weighted by molar-refractivity contribution is 0.496. The number of hydrogen-bond acceptors (Lipinski definition) is 7. The van der Waals surface area contributed by atoms with E-state index in [1.807, 2.05) is 66.1 Å². The van der Waals surface area contributed by atoms with Crippen molar-refractivity contribution in [2.45, 2.75) is 45.8 Å². The fraction of sp³-hybridized carbons (Fsp3) is 0.300. The minimum Gasteiger partial charge on any atom is -0.341 e. The molecule has 10 nitrogen and oxygen atoms in total. The summed E-state index contributed by atoms with van der Waals surface area (Å²) in [7, 11) is 0. The highest BCUT2D eigenvalue weighted by atomic mass is 16.2. The van der Waals surface area contributed by atoms with Crippen LogP contribution in [0.25, 0.3) is 27.8 Å². The van der Waals surface area contributed by atoms with Crippen molar-refractivity contribution < 1.29 is 0 Å². The number of imidazole rings is 1. The van der Waals surface area contributed by atoms with E-state index in [2.05, 4.69) is 26.7 Å². The molecule has 40 heavy (non-hydrogen) atoms. The van der Waals surface area contributed by atoms with E-state index < -0.39 is 11.2 Å². The molecule has 1 atom stereocenters. The second kappa shape index (κ2) is 10.4. The van der Waals surface area contributed by atoms with Crippen molar-refractivity contribution in [2.24, 2.45) is 5.73 Å². The number of fused-ring (bicyclic) bond motifs is 2. The zero-order valence-corrected chi connectivity index (χ0v) is 22.5. The monoisotopic (exact) mass is 534 g/mol. The minimum atomic E-state index is -0.508. The molecular formula is C30H30N8O2. The van der Waals surface area contributed by atoms with Gasteiger partial charge in [0.05, 0.1) is 24.3 Å². The van der Waals surface area contributed by atoms with Crippen LogP contribution in [-0.2, 0) is 13.1 Å². The van der Waals surface area contributed by atoms with Gasteiger partial charge in [0.1, 0.15) is 5.82 Å². The summed E-state index contributed by atoms with van der Waals surface area (Å²) in [4.78, 5) is 44.6. The van der Waals surface area contributed by atoms with Crippen LogP contribution in [-0.4, -0.2) is 47.8 Å². The van der Waals surface area contributed by atoms with Gasteiger partial charge in [-0.1, -0.05) is 42.3 Å². The van der Waals surface area contributed by atoms with Gasteiger partial charge in [-0.2, -0.15) is 4.98 Å². The quantitative estimate of drug-likeness (QED) is 0.345. The SMILES string of the molecule is CC#CCn1c(N2CCC[C@@H](N)C2)nc2c1c(=O)n(Cc1nc(C)c3ccccc3n1)c(=O)n2-c1ccccc1. The first-order valence-electron chi connectivity index (χ1n) is 13.4. The third-order valence-electron chi connectivity index (χ3n) is 7.32. The maximum atomic E-state index is 14.2. The summed E-state index contributed by atoms with van der Waals surface area (Å²) in [6, 6.07) is 16.9. The number of benzene rings is 2. The van der Waals surface area contributed by atoms with Gasteiger partial charge >= 0.3 is 5.69 Å². The lowest BCUT2D eigenvalue weighted by Gasteiger charge is -2.31. The molecule has 1 aliphatic rings. The zero-order valence-electron chi connectivity index (χ0n) is 22.5. The fourth-order valence-corrected chi connectivity index (χ4v) is 5.42. The number of anilines is 1. The van der Waals surface area contributed by atoms with E-state index in [1.165, 1.54) is 9.13 Å². The standard InChI is InChI=1S/C30H30N8O2/c1-3-4-17-36-26-27(34-29(36)35-16-10-11-21(31)18-35)38(22-12-6-5-7-13-22)30(40)37(28(26)39)19-25-32-20(2)23-14-8-9-15-24(23)33-25/h5-9,12-15,21H,10-11,16-19,31H2,1-2H3/t21-/m1/s1. The molecule has 0 saturated carbocycles. The maximum absolute atomic E-state index is 14.2. The molecule has 1 aliphatic heterocycles. The van der Waals surface area contributed by atoms with Crippen LogP contribution in [0.5, 0.6) is 0 Å². The predicted molar refractivity (Wildman–Crippen MR) is 156 cm³/mol. The summed E-state index contributed by atoms with van der Waals surface area (Å²) < 4.78 is 4.50. The smallest absolute Gasteiger partial charge is 0.337 e. The van der Waals surface area contributed by atoms with Crippen molar-refractivity contribution in [3.8, 4) is 17.5 Å². The van der Waals surface area contributed by atoms with E-state index >= 15 is 0 Å². The van der Waals surface area contributed by atoms with Crippen LogP contribution in [0.15, 0.2) is 64.2 Å². The van der Waals surface area contributed by atoms with Crippen LogP contribution in [0.1, 0.15) is 31.3 Å². The lowest BCUT2D eigenvalue weighted by Crippen LogP contribution is -2.44. The van der Waals surface area contributed by atoms with Crippen LogP contribution >= 0.6 is 0 Å². The highest BCUT2D eigenvalue weighted by Crippen LogP contribution is 2.24. The first-order valence-corrected chi connectivity index (χ1v) is 13.4. The Labute approximate surface area is 230 Å². The molecule has 10 heteroatoms. The van der Waals surface area contributed by atoms with Crippen molar-refractivity contribution >= 4 is 28.0 Å². The largest absolute Gasteiger partial charge is 0.341 e. The molecular weight excluding hydrogens is 504 g/mol. The van der Waals surface area contributed by atoms with Crippen LogP contribution in [0.4, 0.5) is 5.95 Å². The van der Waals surface area contributed by atoms with Gasteiger partial charge in [-0.25, -0.2) is 19.3 Å². The lowest BCUT2D eigenvalue weighted by atomic mass is 10.1. The summed E-state index contributed by atoms with van der Waals surface area (Å²) in [6.07, 6.45) is 1.84. The molecule has 0 bridgehead atoms. The second-order valence-electron chi connectivity index (χ2n) is 10.0. The number of rotatable bonds is 5. The number of nitrogens with zero attached hydrogens (tertiary/aromatic N) is 7. The van der Waals surface area contributed by atoms with E-state index in [-0.39, 0.29) is 19.1 Å². The van der Waals surface area contributed by atoms with Gasteiger partial charge in [0.25, 0.3) is 5.56 Å². The van der Waals surface area contributed by atoms with Gasteiger partial charge in [-0.15, -0.1) is 5.92 Å². The van der Waals surface area contributed by atoms with Crippen LogP contribution in [0.3, 0.4) is 0 Å². The van der Waals surface area contributed by atoms with Gasteiger partial charge in [-0.05, 0) is 44.9 Å². The molecule has 0 radical (unpaired) electrons. The average molecular weight is 535 g/mol. The molecule has 0 aliphatic carbocycles. The van der Waals surface area contributed by atoms with E-state index in [0.29, 0.717) is 35.2 Å². The third-order valence-corrected chi connectivity index (χ3v) is 7.32. The van der Waals surface area contributed by atoms with E-state index in [0.717, 1.165) is 36.0 Å². The van der Waals surface area contributed by atoms with Crippen LogP contribution < -0.4 is 21.9 Å². The van der Waals surface area contributed by atoms with Crippen LogP contribution in [0, 0.1) is 18.8 Å². The molecule has 202 valence electrons. The Hall–Kier alpha value is -4.75. The zero-order chi connectivity index (χ0) is 27.8. The molecule has 6 rings (SSSR count). The predicted octanol–water partition coefficient (Wildman–Crippen LogP) is 2.60.